The van der Waals surface area contributed by atoms with Crippen LogP contribution >= 0.6 is 0 Å². The molecule has 0 fully saturated rings. The molecule has 0 spiro atoms. The Bertz CT molecular complexity index is 1010. The summed E-state index contributed by atoms with van der Waals surface area (Å²) >= 11 is 0. The topological polar surface area (TPSA) is 122 Å². The third kappa shape index (κ3) is 9.53. The summed E-state index contributed by atoms with van der Waals surface area (Å²) in [5.74, 6) is -1.85. The minimum atomic E-state index is -1.46. The highest BCUT2D eigenvalue weighted by molar-refractivity contribution is 5.92. The summed E-state index contributed by atoms with van der Waals surface area (Å²) in [7, 11) is 1.74. The number of carboxylic acid groups (broad SMARTS) is 1. The molecule has 0 radical (unpaired) electrons. The van der Waals surface area contributed by atoms with Gasteiger partial charge in [-0.15, -0.1) is 0 Å². The Labute approximate surface area is 220 Å². The standard InChI is InChI=1S/C29H41N3O5/c1-4-6-8-9-10-19-31-29(36)32(3)24-13-11-12-23(20-24)21-15-17-22(18-16-21)26(30)27(28(34)35)37-25(33)14-7-5-2/h11-13,15-18,20,26-27H,4-10,14,19,30H2,1-3H3,(H,31,36)(H,34,35). The van der Waals surface area contributed by atoms with Gasteiger partial charge in [-0.3, -0.25) is 9.69 Å². The zero-order valence-corrected chi connectivity index (χ0v) is 22.2. The molecule has 0 aliphatic carbocycles. The van der Waals surface area contributed by atoms with Crippen LogP contribution in [-0.4, -0.2) is 42.8 Å². The number of nitrogens with two attached hydrogens (primary N) is 1. The molecule has 2 unspecified atom stereocenters. The summed E-state index contributed by atoms with van der Waals surface area (Å²) in [6.45, 7) is 4.77. The number of nitrogens with one attached hydrogen (secondary N) is 1. The van der Waals surface area contributed by atoms with Crippen LogP contribution in [0.4, 0.5) is 10.5 Å². The quantitative estimate of drug-likeness (QED) is 0.210. The number of carbonyl (C=O) groups excluding carboxylic acids is 2. The second kappa shape index (κ2) is 15.7. The third-order valence-electron chi connectivity index (χ3n) is 6.29. The molecule has 2 aromatic rings. The molecule has 8 heteroatoms. The molecule has 4 N–H and O–H groups in total. The normalized spacial score (nSPS) is 12.4. The zero-order valence-electron chi connectivity index (χ0n) is 22.2. The molecule has 0 heterocycles. The predicted molar refractivity (Wildman–Crippen MR) is 146 cm³/mol. The monoisotopic (exact) mass is 511 g/mol. The van der Waals surface area contributed by atoms with E-state index in [9.17, 15) is 19.5 Å². The van der Waals surface area contributed by atoms with Crippen molar-refractivity contribution in [3.63, 3.8) is 0 Å². The van der Waals surface area contributed by atoms with Crippen LogP contribution in [0.1, 0.15) is 76.8 Å². The molecule has 0 aromatic heterocycles. The van der Waals surface area contributed by atoms with Gasteiger partial charge in [0.1, 0.15) is 0 Å². The Balaban J connectivity index is 2.04. The van der Waals surface area contributed by atoms with Crippen molar-refractivity contribution < 1.29 is 24.2 Å². The molecule has 0 saturated carbocycles. The van der Waals surface area contributed by atoms with Crippen molar-refractivity contribution in [2.45, 2.75) is 77.4 Å². The van der Waals surface area contributed by atoms with Gasteiger partial charge in [0.15, 0.2) is 0 Å². The highest BCUT2D eigenvalue weighted by Gasteiger charge is 2.30. The van der Waals surface area contributed by atoms with Crippen LogP contribution < -0.4 is 16.0 Å². The number of anilines is 1. The first-order chi connectivity index (χ1) is 17.8. The smallest absolute Gasteiger partial charge is 0.347 e. The number of benzene rings is 2. The molecule has 0 aliphatic heterocycles. The zero-order chi connectivity index (χ0) is 27.2. The summed E-state index contributed by atoms with van der Waals surface area (Å²) in [4.78, 5) is 37.8. The van der Waals surface area contributed by atoms with E-state index < -0.39 is 24.1 Å². The highest BCUT2D eigenvalue weighted by Crippen LogP contribution is 2.27. The van der Waals surface area contributed by atoms with Crippen molar-refractivity contribution in [2.24, 2.45) is 5.73 Å². The van der Waals surface area contributed by atoms with Crippen LogP contribution in [0.25, 0.3) is 11.1 Å². The summed E-state index contributed by atoms with van der Waals surface area (Å²) in [6, 6.07) is 13.6. The second-order valence-electron chi connectivity index (χ2n) is 9.26. The first kappa shape index (κ1) is 29.8. The maximum Gasteiger partial charge on any atom is 0.347 e. The molecule has 0 saturated heterocycles. The largest absolute Gasteiger partial charge is 0.478 e. The van der Waals surface area contributed by atoms with Crippen molar-refractivity contribution in [3.05, 3.63) is 54.1 Å². The van der Waals surface area contributed by atoms with E-state index in [-0.39, 0.29) is 12.5 Å². The number of unbranched alkanes of at least 4 members (excludes halogenated alkanes) is 5. The van der Waals surface area contributed by atoms with Gasteiger partial charge in [-0.2, -0.15) is 0 Å². The van der Waals surface area contributed by atoms with Crippen LogP contribution in [0.15, 0.2) is 48.5 Å². The van der Waals surface area contributed by atoms with Gasteiger partial charge >= 0.3 is 18.0 Å². The van der Waals surface area contributed by atoms with Crippen molar-refractivity contribution in [2.75, 3.05) is 18.5 Å². The summed E-state index contributed by atoms with van der Waals surface area (Å²) < 4.78 is 5.15. The average molecular weight is 512 g/mol. The van der Waals surface area contributed by atoms with Crippen molar-refractivity contribution in [1.29, 1.82) is 0 Å². The lowest BCUT2D eigenvalue weighted by Gasteiger charge is -2.21. The second-order valence-corrected chi connectivity index (χ2v) is 9.26. The Kier molecular flexibility index (Phi) is 12.6. The lowest BCUT2D eigenvalue weighted by atomic mass is 9.98. The first-order valence-electron chi connectivity index (χ1n) is 13.2. The number of carbonyl (C=O) groups is 3. The van der Waals surface area contributed by atoms with Crippen molar-refractivity contribution in [1.82, 2.24) is 5.32 Å². The minimum Gasteiger partial charge on any atom is -0.478 e. The first-order valence-corrected chi connectivity index (χ1v) is 13.2. The molecule has 37 heavy (non-hydrogen) atoms. The molecular weight excluding hydrogens is 470 g/mol. The summed E-state index contributed by atoms with van der Waals surface area (Å²) in [5, 5.41) is 12.5. The highest BCUT2D eigenvalue weighted by atomic mass is 16.6. The van der Waals surface area contributed by atoms with E-state index in [2.05, 4.69) is 12.2 Å². The van der Waals surface area contributed by atoms with E-state index in [0.29, 0.717) is 18.5 Å². The van der Waals surface area contributed by atoms with Crippen LogP contribution in [-0.2, 0) is 14.3 Å². The fourth-order valence-corrected chi connectivity index (χ4v) is 3.93. The van der Waals surface area contributed by atoms with Crippen LogP contribution in [0.3, 0.4) is 0 Å². The summed E-state index contributed by atoms with van der Waals surface area (Å²) in [5.41, 5.74) is 9.26. The number of carboxylic acids is 1. The number of urea groups is 1. The molecule has 202 valence electrons. The molecular formula is C29H41N3O5. The van der Waals surface area contributed by atoms with Gasteiger partial charge in [-0.1, -0.05) is 82.3 Å². The lowest BCUT2D eigenvalue weighted by molar-refractivity contribution is -0.165. The van der Waals surface area contributed by atoms with Gasteiger partial charge in [-0.05, 0) is 41.7 Å². The minimum absolute atomic E-state index is 0.151. The maximum absolute atomic E-state index is 12.6. The van der Waals surface area contributed by atoms with Crippen LogP contribution in [0.5, 0.6) is 0 Å². The fraction of sp³-hybridized carbons (Fsp3) is 0.483. The van der Waals surface area contributed by atoms with Gasteiger partial charge in [0.2, 0.25) is 6.10 Å². The van der Waals surface area contributed by atoms with Gasteiger partial charge in [0.25, 0.3) is 0 Å². The van der Waals surface area contributed by atoms with Crippen molar-refractivity contribution in [3.8, 4) is 11.1 Å². The van der Waals surface area contributed by atoms with Crippen molar-refractivity contribution >= 4 is 23.7 Å². The van der Waals surface area contributed by atoms with Crippen LogP contribution in [0.2, 0.25) is 0 Å². The average Bonchev–Trinajstić information content (AvgIpc) is 2.91. The van der Waals surface area contributed by atoms with Gasteiger partial charge in [0.05, 0.1) is 6.04 Å². The molecule has 2 amide bonds. The van der Waals surface area contributed by atoms with E-state index in [4.69, 9.17) is 10.5 Å². The van der Waals surface area contributed by atoms with Gasteiger partial charge in [-0.25, -0.2) is 9.59 Å². The molecule has 8 nitrogen and oxygen atoms in total. The number of amides is 2. The van der Waals surface area contributed by atoms with Gasteiger partial charge in [0, 0.05) is 25.7 Å². The molecule has 2 atom stereocenters. The number of ether oxygens (including phenoxy) is 1. The van der Waals surface area contributed by atoms with E-state index in [0.717, 1.165) is 36.1 Å². The number of aliphatic carboxylic acids is 1. The summed E-state index contributed by atoms with van der Waals surface area (Å²) in [6.07, 6.45) is 5.82. The lowest BCUT2D eigenvalue weighted by Crippen LogP contribution is -2.37. The Hall–Kier alpha value is -3.39. The number of hydrogen-bond donors (Lipinski definition) is 3. The van der Waals surface area contributed by atoms with Crippen LogP contribution in [0, 0.1) is 0 Å². The SMILES string of the molecule is CCCCCCCNC(=O)N(C)c1cccc(-c2ccc(C(N)C(OC(=O)CCCC)C(=O)O)cc2)c1. The van der Waals surface area contributed by atoms with E-state index in [1.807, 2.05) is 43.3 Å². The number of hydrogen-bond acceptors (Lipinski definition) is 5. The van der Waals surface area contributed by atoms with E-state index in [1.54, 1.807) is 24.1 Å². The number of rotatable bonds is 15. The molecule has 2 aromatic carbocycles. The Morgan fingerprint density at radius 3 is 2.27 bits per heavy atom. The molecule has 0 bridgehead atoms. The van der Waals surface area contributed by atoms with E-state index >= 15 is 0 Å². The molecule has 0 aliphatic rings. The third-order valence-corrected chi connectivity index (χ3v) is 6.29. The Morgan fingerprint density at radius 1 is 0.946 bits per heavy atom. The van der Waals surface area contributed by atoms with Gasteiger partial charge < -0.3 is 20.9 Å². The number of nitrogens with zero attached hydrogens (tertiary/aromatic N) is 1. The fourth-order valence-electron chi connectivity index (χ4n) is 3.93. The van der Waals surface area contributed by atoms with E-state index in [1.165, 1.54) is 19.3 Å². The predicted octanol–water partition coefficient (Wildman–Crippen LogP) is 5.66. The molecule has 2 rings (SSSR count). The number of esters is 1. The maximum atomic E-state index is 12.6. The Morgan fingerprint density at radius 2 is 1.62 bits per heavy atom.